The molecule has 1 amide bonds. The van der Waals surface area contributed by atoms with E-state index < -0.39 is 29.8 Å². The Morgan fingerprint density at radius 2 is 1.37 bits per heavy atom. The van der Waals surface area contributed by atoms with Gasteiger partial charge in [-0.15, -0.1) is 0 Å². The van der Waals surface area contributed by atoms with Crippen LogP contribution in [0.25, 0.3) is 21.8 Å². The van der Waals surface area contributed by atoms with Crippen molar-refractivity contribution in [1.29, 1.82) is 0 Å². The Labute approximate surface area is 292 Å². The Morgan fingerprint density at radius 3 is 1.90 bits per heavy atom. The number of amides is 1. The summed E-state index contributed by atoms with van der Waals surface area (Å²) in [4.78, 5) is 42.9. The zero-order valence-electron chi connectivity index (χ0n) is 27.9. The first-order chi connectivity index (χ1) is 23.1. The number of fused-ring (bicyclic) bond motifs is 2. The molecule has 6 rings (SSSR count). The Balaban J connectivity index is 0.000000199. The fraction of sp³-hybridized carbons (Fsp3) is 0.457. The standard InChI is InChI=1S/C20H24ClFN2O4.C15H16ClFN2O2/c1-11(25)27-17-7-8-24(19(26)28-20(2,3)4)16(17)10-14-13-6-5-12(22)9-15(13)23-18(14)21;1-8(20)21-14-4-5-18-13(14)7-11-10-3-2-9(17)6-12(10)19-15(11)16/h5-6,9,16-17,23H,7-8,10H2,1-4H3;2-3,6,13-14,18-19H,4-5,7H2,1H3/t16-,17+;13-,14+/m11/s1. The lowest BCUT2D eigenvalue weighted by Crippen LogP contribution is -2.44. The third-order valence-corrected chi connectivity index (χ3v) is 9.15. The lowest BCUT2D eigenvalue weighted by atomic mass is 10.0. The van der Waals surface area contributed by atoms with Crippen LogP contribution in [-0.4, -0.2) is 75.9 Å². The number of carbonyl (C=O) groups is 3. The average molecular weight is 722 g/mol. The highest BCUT2D eigenvalue weighted by molar-refractivity contribution is 6.32. The van der Waals surface area contributed by atoms with E-state index in [-0.39, 0.29) is 29.7 Å². The van der Waals surface area contributed by atoms with Crippen LogP contribution in [0.4, 0.5) is 13.6 Å². The number of aromatic amines is 2. The van der Waals surface area contributed by atoms with Gasteiger partial charge < -0.3 is 34.4 Å². The summed E-state index contributed by atoms with van der Waals surface area (Å²) in [6, 6.07) is 8.54. The van der Waals surface area contributed by atoms with Gasteiger partial charge in [-0.3, -0.25) is 9.59 Å². The van der Waals surface area contributed by atoms with Gasteiger partial charge in [0, 0.05) is 61.1 Å². The van der Waals surface area contributed by atoms with Crippen LogP contribution in [0.5, 0.6) is 0 Å². The first kappa shape index (κ1) is 36.4. The van der Waals surface area contributed by atoms with Crippen molar-refractivity contribution >= 4 is 63.0 Å². The van der Waals surface area contributed by atoms with E-state index in [1.807, 2.05) is 0 Å². The number of aromatic nitrogens is 2. The lowest BCUT2D eigenvalue weighted by Gasteiger charge is -2.30. The zero-order chi connectivity index (χ0) is 35.6. The van der Waals surface area contributed by atoms with Gasteiger partial charge in [-0.05, 0) is 87.7 Å². The summed E-state index contributed by atoms with van der Waals surface area (Å²) in [5, 5.41) is 5.88. The number of halogens is 4. The summed E-state index contributed by atoms with van der Waals surface area (Å²) in [6.07, 6.45) is 1.20. The van der Waals surface area contributed by atoms with E-state index in [9.17, 15) is 23.2 Å². The SMILES string of the molecule is CC(=O)O[C@H]1CCN(C(=O)OC(C)(C)C)[C@@H]1Cc1c(Cl)[nH]c2cc(F)ccc12.CC(=O)O[C@H]1CCN[C@@H]1Cc1c(Cl)[nH]c2cc(F)ccc12. The molecule has 0 bridgehead atoms. The molecule has 2 aromatic carbocycles. The molecular formula is C35H40Cl2F2N4O6. The quantitative estimate of drug-likeness (QED) is 0.142. The lowest BCUT2D eigenvalue weighted by molar-refractivity contribution is -0.148. The minimum atomic E-state index is -0.642. The molecule has 3 N–H and O–H groups in total. The molecule has 0 unspecified atom stereocenters. The molecule has 2 aromatic heterocycles. The first-order valence-electron chi connectivity index (χ1n) is 16.1. The molecule has 2 saturated heterocycles. The molecule has 0 aliphatic carbocycles. The minimum Gasteiger partial charge on any atom is -0.461 e. The predicted octanol–water partition coefficient (Wildman–Crippen LogP) is 7.24. The van der Waals surface area contributed by atoms with E-state index in [0.29, 0.717) is 47.1 Å². The summed E-state index contributed by atoms with van der Waals surface area (Å²) in [6.45, 7) is 9.36. The summed E-state index contributed by atoms with van der Waals surface area (Å²) in [5.74, 6) is -1.36. The molecule has 4 heterocycles. The molecule has 0 radical (unpaired) electrons. The number of benzene rings is 2. The highest BCUT2D eigenvalue weighted by Crippen LogP contribution is 2.33. The van der Waals surface area contributed by atoms with Crippen molar-refractivity contribution in [1.82, 2.24) is 20.2 Å². The van der Waals surface area contributed by atoms with Gasteiger partial charge in [-0.25, -0.2) is 13.6 Å². The second-order valence-electron chi connectivity index (χ2n) is 13.3. The Kier molecular flexibility index (Phi) is 11.1. The summed E-state index contributed by atoms with van der Waals surface area (Å²) in [5.41, 5.74) is 2.28. The molecular weight excluding hydrogens is 681 g/mol. The monoisotopic (exact) mass is 720 g/mol. The van der Waals surface area contributed by atoms with Crippen LogP contribution in [0.3, 0.4) is 0 Å². The van der Waals surface area contributed by atoms with E-state index >= 15 is 0 Å². The number of hydrogen-bond acceptors (Lipinski definition) is 7. The zero-order valence-corrected chi connectivity index (χ0v) is 29.4. The van der Waals surface area contributed by atoms with Crippen molar-refractivity contribution in [2.75, 3.05) is 13.1 Å². The maximum absolute atomic E-state index is 13.5. The van der Waals surface area contributed by atoms with Crippen molar-refractivity contribution in [3.63, 3.8) is 0 Å². The van der Waals surface area contributed by atoms with Crippen molar-refractivity contribution in [3.05, 3.63) is 69.5 Å². The van der Waals surface area contributed by atoms with Gasteiger partial charge in [0.2, 0.25) is 0 Å². The largest absolute Gasteiger partial charge is 0.461 e. The molecule has 0 spiro atoms. The van der Waals surface area contributed by atoms with Crippen LogP contribution < -0.4 is 5.32 Å². The summed E-state index contributed by atoms with van der Waals surface area (Å²) < 4.78 is 43.1. The van der Waals surface area contributed by atoms with Crippen molar-refractivity contribution in [2.24, 2.45) is 0 Å². The van der Waals surface area contributed by atoms with Crippen LogP contribution in [-0.2, 0) is 36.6 Å². The van der Waals surface area contributed by atoms with Gasteiger partial charge in [-0.1, -0.05) is 23.2 Å². The number of nitrogens with one attached hydrogen (secondary N) is 3. The minimum absolute atomic E-state index is 0.0236. The second-order valence-corrected chi connectivity index (χ2v) is 14.1. The Bertz CT molecular complexity index is 1850. The molecule has 4 atom stereocenters. The molecule has 49 heavy (non-hydrogen) atoms. The normalized spacial score (nSPS) is 20.7. The smallest absolute Gasteiger partial charge is 0.410 e. The maximum Gasteiger partial charge on any atom is 0.410 e. The number of rotatable bonds is 6. The van der Waals surface area contributed by atoms with Crippen molar-refractivity contribution < 1.29 is 37.4 Å². The van der Waals surface area contributed by atoms with E-state index in [0.717, 1.165) is 34.9 Å². The predicted molar refractivity (Wildman–Crippen MR) is 183 cm³/mol. The molecule has 2 fully saturated rings. The molecule has 2 aliphatic heterocycles. The van der Waals surface area contributed by atoms with Crippen LogP contribution in [0, 0.1) is 11.6 Å². The van der Waals surface area contributed by atoms with Crippen LogP contribution in [0.1, 0.15) is 58.6 Å². The molecule has 10 nitrogen and oxygen atoms in total. The Hall–Kier alpha value is -3.87. The molecule has 4 aromatic rings. The molecule has 0 saturated carbocycles. The van der Waals surface area contributed by atoms with Gasteiger partial charge in [-0.2, -0.15) is 0 Å². The number of nitrogens with zero attached hydrogens (tertiary/aromatic N) is 1. The Morgan fingerprint density at radius 1 is 0.837 bits per heavy atom. The topological polar surface area (TPSA) is 126 Å². The van der Waals surface area contributed by atoms with Crippen LogP contribution in [0.15, 0.2) is 36.4 Å². The van der Waals surface area contributed by atoms with E-state index in [1.165, 1.54) is 38.1 Å². The van der Waals surface area contributed by atoms with Gasteiger partial charge >= 0.3 is 18.0 Å². The summed E-state index contributed by atoms with van der Waals surface area (Å²) in [7, 11) is 0. The third kappa shape index (κ3) is 8.84. The average Bonchev–Trinajstić information content (AvgIpc) is 3.74. The van der Waals surface area contributed by atoms with Crippen molar-refractivity contribution in [3.8, 4) is 0 Å². The fourth-order valence-electron chi connectivity index (χ4n) is 6.48. The number of likely N-dealkylation sites (tertiary alicyclic amines) is 1. The highest BCUT2D eigenvalue weighted by atomic mass is 35.5. The molecule has 14 heteroatoms. The van der Waals surface area contributed by atoms with Gasteiger partial charge in [0.05, 0.1) is 6.04 Å². The van der Waals surface area contributed by atoms with Crippen molar-refractivity contribution in [2.45, 2.75) is 90.2 Å². The molecule has 264 valence electrons. The number of carbonyl (C=O) groups excluding carboxylic acids is 3. The highest BCUT2D eigenvalue weighted by Gasteiger charge is 2.41. The second kappa shape index (κ2) is 14.9. The van der Waals surface area contributed by atoms with Gasteiger partial charge in [0.15, 0.2) is 0 Å². The number of H-pyrrole nitrogens is 2. The van der Waals surface area contributed by atoms with E-state index in [1.54, 1.807) is 37.8 Å². The number of hydrogen-bond donors (Lipinski definition) is 3. The maximum atomic E-state index is 13.5. The number of ether oxygens (including phenoxy) is 3. The fourth-order valence-corrected chi connectivity index (χ4v) is 7.05. The number of esters is 2. The van der Waals surface area contributed by atoms with Crippen LogP contribution >= 0.6 is 23.2 Å². The van der Waals surface area contributed by atoms with E-state index in [4.69, 9.17) is 37.4 Å². The first-order valence-corrected chi connectivity index (χ1v) is 16.8. The summed E-state index contributed by atoms with van der Waals surface area (Å²) >= 11 is 12.6. The van der Waals surface area contributed by atoms with E-state index in [2.05, 4.69) is 15.3 Å². The molecule has 2 aliphatic rings. The third-order valence-electron chi connectivity index (χ3n) is 8.50. The van der Waals surface area contributed by atoms with Crippen LogP contribution in [0.2, 0.25) is 10.3 Å². The van der Waals surface area contributed by atoms with Gasteiger partial charge in [0.1, 0.15) is 39.7 Å². The van der Waals surface area contributed by atoms with Gasteiger partial charge in [0.25, 0.3) is 0 Å².